The van der Waals surface area contributed by atoms with Crippen molar-refractivity contribution in [1.29, 1.82) is 0 Å². The van der Waals surface area contributed by atoms with E-state index in [1.165, 1.54) is 6.21 Å². The molecule has 0 heterocycles. The molecular formula is C24H22N4O4. The number of hydrogen-bond donors (Lipinski definition) is 3. The van der Waals surface area contributed by atoms with Crippen LogP contribution in [0.3, 0.4) is 0 Å². The number of para-hydroxylation sites is 1. The molecule has 0 aliphatic rings. The highest BCUT2D eigenvalue weighted by molar-refractivity contribution is 6.39. The molecule has 0 aromatic heterocycles. The second-order valence-corrected chi connectivity index (χ2v) is 6.79. The molecule has 3 aromatic carbocycles. The maximum Gasteiger partial charge on any atom is 0.329 e. The van der Waals surface area contributed by atoms with Crippen molar-refractivity contribution in [3.8, 4) is 5.75 Å². The van der Waals surface area contributed by atoms with Crippen molar-refractivity contribution in [3.63, 3.8) is 0 Å². The van der Waals surface area contributed by atoms with Crippen LogP contribution in [0.15, 0.2) is 84.0 Å². The Hall–Kier alpha value is -4.46. The molecule has 0 unspecified atom stereocenters. The van der Waals surface area contributed by atoms with Gasteiger partial charge in [0.25, 0.3) is 5.91 Å². The number of carbonyl (C=O) groups excluding carboxylic acids is 3. The van der Waals surface area contributed by atoms with Gasteiger partial charge in [0.15, 0.2) is 6.61 Å². The van der Waals surface area contributed by atoms with Crippen LogP contribution < -0.4 is 20.8 Å². The second-order valence-electron chi connectivity index (χ2n) is 6.79. The summed E-state index contributed by atoms with van der Waals surface area (Å²) in [5, 5.41) is 9.02. The van der Waals surface area contributed by atoms with Crippen molar-refractivity contribution < 1.29 is 19.1 Å². The predicted molar refractivity (Wildman–Crippen MR) is 123 cm³/mol. The number of amides is 3. The molecule has 32 heavy (non-hydrogen) atoms. The highest BCUT2D eigenvalue weighted by Crippen LogP contribution is 2.12. The standard InChI is InChI=1S/C24H22N4O4/c1-17-6-5-9-20(14-17)27-23(30)24(31)28-25-15-18-10-12-21(13-11-18)32-16-22(29)26-19-7-3-2-4-8-19/h2-15H,16H2,1H3,(H,26,29)(H,27,30)(H,28,31). The molecule has 0 bridgehead atoms. The number of aryl methyl sites for hydroxylation is 1. The molecular weight excluding hydrogens is 408 g/mol. The van der Waals surface area contributed by atoms with Crippen LogP contribution in [0.4, 0.5) is 11.4 Å². The van der Waals surface area contributed by atoms with Gasteiger partial charge >= 0.3 is 11.8 Å². The third kappa shape index (κ3) is 7.10. The zero-order chi connectivity index (χ0) is 22.8. The van der Waals surface area contributed by atoms with E-state index < -0.39 is 11.8 Å². The van der Waals surface area contributed by atoms with Crippen molar-refractivity contribution in [3.05, 3.63) is 90.0 Å². The first-order valence-corrected chi connectivity index (χ1v) is 9.78. The fourth-order valence-electron chi connectivity index (χ4n) is 2.64. The van der Waals surface area contributed by atoms with E-state index in [9.17, 15) is 14.4 Å². The minimum Gasteiger partial charge on any atom is -0.484 e. The van der Waals surface area contributed by atoms with Gasteiger partial charge < -0.3 is 15.4 Å². The third-order valence-corrected chi connectivity index (χ3v) is 4.17. The van der Waals surface area contributed by atoms with Gasteiger partial charge in [-0.05, 0) is 66.6 Å². The summed E-state index contributed by atoms with van der Waals surface area (Å²) in [6.07, 6.45) is 1.39. The number of nitrogens with one attached hydrogen (secondary N) is 3. The van der Waals surface area contributed by atoms with E-state index in [4.69, 9.17) is 4.74 Å². The number of hydrogen-bond acceptors (Lipinski definition) is 5. The van der Waals surface area contributed by atoms with Crippen molar-refractivity contribution in [1.82, 2.24) is 5.43 Å². The number of carbonyl (C=O) groups is 3. The lowest BCUT2D eigenvalue weighted by Crippen LogP contribution is -2.32. The molecule has 0 saturated heterocycles. The van der Waals surface area contributed by atoms with Gasteiger partial charge in [-0.2, -0.15) is 5.10 Å². The fraction of sp³-hybridized carbons (Fsp3) is 0.0833. The molecule has 3 amide bonds. The van der Waals surface area contributed by atoms with E-state index in [-0.39, 0.29) is 12.5 Å². The topological polar surface area (TPSA) is 109 Å². The highest BCUT2D eigenvalue weighted by atomic mass is 16.5. The molecule has 0 atom stereocenters. The Morgan fingerprint density at radius 3 is 2.28 bits per heavy atom. The van der Waals surface area contributed by atoms with Crippen molar-refractivity contribution in [2.75, 3.05) is 17.2 Å². The Morgan fingerprint density at radius 2 is 1.56 bits per heavy atom. The van der Waals surface area contributed by atoms with Crippen LogP contribution in [-0.2, 0) is 14.4 Å². The smallest absolute Gasteiger partial charge is 0.329 e. The average molecular weight is 430 g/mol. The van der Waals surface area contributed by atoms with E-state index in [1.54, 1.807) is 54.6 Å². The van der Waals surface area contributed by atoms with Crippen molar-refractivity contribution in [2.45, 2.75) is 6.92 Å². The van der Waals surface area contributed by atoms with Gasteiger partial charge in [0, 0.05) is 11.4 Å². The molecule has 0 fully saturated rings. The highest BCUT2D eigenvalue weighted by Gasteiger charge is 2.12. The van der Waals surface area contributed by atoms with Crippen LogP contribution in [0.2, 0.25) is 0 Å². The van der Waals surface area contributed by atoms with Gasteiger partial charge in [-0.15, -0.1) is 0 Å². The molecule has 3 N–H and O–H groups in total. The van der Waals surface area contributed by atoms with Crippen LogP contribution in [0, 0.1) is 6.92 Å². The van der Waals surface area contributed by atoms with Crippen LogP contribution in [0.5, 0.6) is 5.75 Å². The minimum absolute atomic E-state index is 0.131. The zero-order valence-corrected chi connectivity index (χ0v) is 17.4. The van der Waals surface area contributed by atoms with E-state index in [1.807, 2.05) is 31.2 Å². The summed E-state index contributed by atoms with van der Waals surface area (Å²) in [7, 11) is 0. The lowest BCUT2D eigenvalue weighted by atomic mass is 10.2. The van der Waals surface area contributed by atoms with Gasteiger partial charge in [0.1, 0.15) is 5.75 Å². The molecule has 0 aliphatic heterocycles. The number of ether oxygens (including phenoxy) is 1. The molecule has 3 rings (SSSR count). The molecule has 0 saturated carbocycles. The van der Waals surface area contributed by atoms with E-state index in [2.05, 4.69) is 21.2 Å². The number of benzene rings is 3. The zero-order valence-electron chi connectivity index (χ0n) is 17.4. The normalized spacial score (nSPS) is 10.4. The Bertz CT molecular complexity index is 1110. The number of nitrogens with zero attached hydrogens (tertiary/aromatic N) is 1. The summed E-state index contributed by atoms with van der Waals surface area (Å²) in [6.45, 7) is 1.75. The summed E-state index contributed by atoms with van der Waals surface area (Å²) in [5.74, 6) is -1.46. The van der Waals surface area contributed by atoms with E-state index in [0.29, 0.717) is 22.7 Å². The van der Waals surface area contributed by atoms with Crippen molar-refractivity contribution in [2.24, 2.45) is 5.10 Å². The Kier molecular flexibility index (Phi) is 7.69. The summed E-state index contributed by atoms with van der Waals surface area (Å²) >= 11 is 0. The van der Waals surface area contributed by atoms with E-state index >= 15 is 0 Å². The van der Waals surface area contributed by atoms with Gasteiger partial charge in [0.05, 0.1) is 6.21 Å². The monoisotopic (exact) mass is 430 g/mol. The third-order valence-electron chi connectivity index (χ3n) is 4.17. The van der Waals surface area contributed by atoms with Gasteiger partial charge in [-0.25, -0.2) is 5.43 Å². The Labute approximate surface area is 185 Å². The van der Waals surface area contributed by atoms with Crippen LogP contribution >= 0.6 is 0 Å². The number of rotatable bonds is 7. The lowest BCUT2D eigenvalue weighted by Gasteiger charge is -2.07. The molecule has 3 aromatic rings. The van der Waals surface area contributed by atoms with Crippen LogP contribution in [-0.4, -0.2) is 30.5 Å². The lowest BCUT2D eigenvalue weighted by molar-refractivity contribution is -0.136. The Balaban J connectivity index is 1.43. The van der Waals surface area contributed by atoms with Gasteiger partial charge in [-0.3, -0.25) is 14.4 Å². The minimum atomic E-state index is -0.882. The van der Waals surface area contributed by atoms with Crippen LogP contribution in [0.1, 0.15) is 11.1 Å². The molecule has 8 nitrogen and oxygen atoms in total. The van der Waals surface area contributed by atoms with Gasteiger partial charge in [0.2, 0.25) is 0 Å². The summed E-state index contributed by atoms with van der Waals surface area (Å²) in [5.41, 5.74) is 5.04. The molecule has 0 aliphatic carbocycles. The maximum atomic E-state index is 11.9. The first-order chi connectivity index (χ1) is 15.5. The predicted octanol–water partition coefficient (Wildman–Crippen LogP) is 3.10. The number of anilines is 2. The van der Waals surface area contributed by atoms with Gasteiger partial charge in [-0.1, -0.05) is 30.3 Å². The summed E-state index contributed by atoms with van der Waals surface area (Å²) in [6, 6.07) is 23.0. The summed E-state index contributed by atoms with van der Waals surface area (Å²) in [4.78, 5) is 35.7. The quantitative estimate of drug-likeness (QED) is 0.304. The Morgan fingerprint density at radius 1 is 0.844 bits per heavy atom. The van der Waals surface area contributed by atoms with Crippen molar-refractivity contribution >= 4 is 35.3 Å². The number of hydrazone groups is 1. The molecule has 0 radical (unpaired) electrons. The SMILES string of the molecule is Cc1cccc(NC(=O)C(=O)NN=Cc2ccc(OCC(=O)Nc3ccccc3)cc2)c1. The fourth-order valence-corrected chi connectivity index (χ4v) is 2.64. The first-order valence-electron chi connectivity index (χ1n) is 9.78. The van der Waals surface area contributed by atoms with Crippen LogP contribution in [0.25, 0.3) is 0 Å². The maximum absolute atomic E-state index is 11.9. The average Bonchev–Trinajstić information content (AvgIpc) is 2.79. The summed E-state index contributed by atoms with van der Waals surface area (Å²) < 4.78 is 5.45. The molecule has 8 heteroatoms. The molecule has 162 valence electrons. The van der Waals surface area contributed by atoms with E-state index in [0.717, 1.165) is 5.56 Å². The second kappa shape index (κ2) is 11.1. The largest absolute Gasteiger partial charge is 0.484 e. The molecule has 0 spiro atoms. The first kappa shape index (κ1) is 22.2.